The van der Waals surface area contributed by atoms with Crippen molar-refractivity contribution in [3.05, 3.63) is 40.3 Å². The van der Waals surface area contributed by atoms with E-state index in [4.69, 9.17) is 5.73 Å². The number of carbonyl (C=O) groups excluding carboxylic acids is 1. The molecule has 0 spiro atoms. The topological polar surface area (TPSA) is 72.5 Å². The van der Waals surface area contributed by atoms with Gasteiger partial charge in [-0.15, -0.1) is 0 Å². The Balaban J connectivity index is 2.93. The molecule has 1 unspecified atom stereocenters. The number of hydrogen-bond acceptors (Lipinski definition) is 3. The van der Waals surface area contributed by atoms with Crippen LogP contribution in [0, 0.1) is 4.91 Å². The summed E-state index contributed by atoms with van der Waals surface area (Å²) >= 11 is 0. The average molecular weight is 178 g/mol. The molecule has 0 bridgehead atoms. The first-order chi connectivity index (χ1) is 6.15. The van der Waals surface area contributed by atoms with Crippen molar-refractivity contribution in [2.75, 3.05) is 0 Å². The van der Waals surface area contributed by atoms with Gasteiger partial charge in [0.25, 0.3) is 0 Å². The fraction of sp³-hybridized carbons (Fsp3) is 0.222. The van der Waals surface area contributed by atoms with Crippen LogP contribution in [-0.2, 0) is 0 Å². The Morgan fingerprint density at radius 1 is 1.38 bits per heavy atom. The molecule has 4 heteroatoms. The minimum absolute atomic E-state index is 0.387. The van der Waals surface area contributed by atoms with Gasteiger partial charge >= 0.3 is 0 Å². The number of nitrogens with zero attached hydrogens (tertiary/aromatic N) is 1. The standard InChI is InChI=1S/C9H10N2O2/c1-6(11-13)7-2-4-8(5-3-7)9(10)12/h2-6H,1H3,(H2,10,12). The van der Waals surface area contributed by atoms with Crippen LogP contribution in [0.4, 0.5) is 0 Å². The molecule has 2 N–H and O–H groups in total. The van der Waals surface area contributed by atoms with Gasteiger partial charge < -0.3 is 5.73 Å². The predicted octanol–water partition coefficient (Wildman–Crippen LogP) is 1.61. The summed E-state index contributed by atoms with van der Waals surface area (Å²) in [6.45, 7) is 1.69. The molecule has 0 fully saturated rings. The molecule has 0 aliphatic carbocycles. The number of amides is 1. The smallest absolute Gasteiger partial charge is 0.248 e. The highest BCUT2D eigenvalue weighted by molar-refractivity contribution is 5.92. The van der Waals surface area contributed by atoms with Crippen LogP contribution >= 0.6 is 0 Å². The Hall–Kier alpha value is -1.71. The van der Waals surface area contributed by atoms with Crippen LogP contribution in [-0.4, -0.2) is 5.91 Å². The van der Waals surface area contributed by atoms with Crippen molar-refractivity contribution in [1.29, 1.82) is 0 Å². The van der Waals surface area contributed by atoms with E-state index in [1.54, 1.807) is 31.2 Å². The number of hydrogen-bond donors (Lipinski definition) is 1. The molecule has 0 saturated carbocycles. The van der Waals surface area contributed by atoms with Gasteiger partial charge in [0, 0.05) is 5.56 Å². The Morgan fingerprint density at radius 3 is 2.31 bits per heavy atom. The molecular formula is C9H10N2O2. The van der Waals surface area contributed by atoms with Crippen molar-refractivity contribution in [2.24, 2.45) is 10.9 Å². The quantitative estimate of drug-likeness (QED) is 0.714. The zero-order valence-corrected chi connectivity index (χ0v) is 7.23. The molecule has 1 aromatic rings. The second-order valence-electron chi connectivity index (χ2n) is 2.77. The van der Waals surface area contributed by atoms with Gasteiger partial charge in [0.2, 0.25) is 5.91 Å². The molecule has 0 aromatic heterocycles. The molecule has 0 aliphatic heterocycles. The lowest BCUT2D eigenvalue weighted by Gasteiger charge is -2.02. The summed E-state index contributed by atoms with van der Waals surface area (Å²) in [6.07, 6.45) is 0. The van der Waals surface area contributed by atoms with Crippen molar-refractivity contribution >= 4 is 5.91 Å². The zero-order valence-electron chi connectivity index (χ0n) is 7.23. The minimum Gasteiger partial charge on any atom is -0.366 e. The number of nitrogens with two attached hydrogens (primary N) is 1. The summed E-state index contributed by atoms with van der Waals surface area (Å²) < 4.78 is 0. The number of nitroso groups, excluding NO2 is 1. The molecule has 0 radical (unpaired) electrons. The molecule has 68 valence electrons. The summed E-state index contributed by atoms with van der Waals surface area (Å²) in [5.74, 6) is -0.474. The molecule has 1 aromatic carbocycles. The van der Waals surface area contributed by atoms with Crippen molar-refractivity contribution in [3.63, 3.8) is 0 Å². The molecule has 4 nitrogen and oxygen atoms in total. The first-order valence-corrected chi connectivity index (χ1v) is 3.87. The van der Waals surface area contributed by atoms with Gasteiger partial charge in [-0.2, -0.15) is 4.91 Å². The molecule has 0 saturated heterocycles. The number of carbonyl (C=O) groups is 1. The van der Waals surface area contributed by atoms with Crippen molar-refractivity contribution in [3.8, 4) is 0 Å². The largest absolute Gasteiger partial charge is 0.366 e. The first-order valence-electron chi connectivity index (χ1n) is 3.87. The highest BCUT2D eigenvalue weighted by Crippen LogP contribution is 2.16. The Kier molecular flexibility index (Phi) is 2.74. The zero-order chi connectivity index (χ0) is 9.84. The third-order valence-corrected chi connectivity index (χ3v) is 1.84. The van der Waals surface area contributed by atoms with E-state index in [9.17, 15) is 9.70 Å². The normalized spacial score (nSPS) is 12.1. The highest BCUT2D eigenvalue weighted by Gasteiger charge is 2.05. The maximum Gasteiger partial charge on any atom is 0.248 e. The van der Waals surface area contributed by atoms with Crippen LogP contribution in [0.15, 0.2) is 29.4 Å². The second-order valence-corrected chi connectivity index (χ2v) is 2.77. The third kappa shape index (κ3) is 2.11. The molecule has 1 atom stereocenters. The van der Waals surface area contributed by atoms with Crippen LogP contribution in [0.5, 0.6) is 0 Å². The summed E-state index contributed by atoms with van der Waals surface area (Å²) in [4.78, 5) is 20.9. The molecule has 1 amide bonds. The molecule has 1 rings (SSSR count). The van der Waals surface area contributed by atoms with Gasteiger partial charge in [-0.05, 0) is 24.6 Å². The summed E-state index contributed by atoms with van der Waals surface area (Å²) in [7, 11) is 0. The van der Waals surface area contributed by atoms with E-state index in [1.807, 2.05) is 0 Å². The van der Waals surface area contributed by atoms with Crippen LogP contribution in [0.2, 0.25) is 0 Å². The van der Waals surface area contributed by atoms with E-state index in [1.165, 1.54) is 0 Å². The van der Waals surface area contributed by atoms with Gasteiger partial charge in [-0.3, -0.25) is 4.79 Å². The fourth-order valence-corrected chi connectivity index (χ4v) is 0.987. The summed E-state index contributed by atoms with van der Waals surface area (Å²) in [5.41, 5.74) is 6.26. The number of primary amides is 1. The predicted molar refractivity (Wildman–Crippen MR) is 49.2 cm³/mol. The summed E-state index contributed by atoms with van der Waals surface area (Å²) in [5, 5.41) is 2.87. The van der Waals surface area contributed by atoms with Gasteiger partial charge in [-0.25, -0.2) is 0 Å². The SMILES string of the molecule is CC(N=O)c1ccc(C(N)=O)cc1. The van der Waals surface area contributed by atoms with Gasteiger partial charge in [0.15, 0.2) is 0 Å². The van der Waals surface area contributed by atoms with E-state index in [-0.39, 0.29) is 6.04 Å². The lowest BCUT2D eigenvalue weighted by atomic mass is 10.1. The highest BCUT2D eigenvalue weighted by atomic mass is 16.3. The van der Waals surface area contributed by atoms with Crippen LogP contribution in [0.25, 0.3) is 0 Å². The van der Waals surface area contributed by atoms with E-state index >= 15 is 0 Å². The van der Waals surface area contributed by atoms with Gasteiger partial charge in [-0.1, -0.05) is 17.3 Å². The number of benzene rings is 1. The van der Waals surface area contributed by atoms with E-state index in [0.717, 1.165) is 5.56 Å². The number of rotatable bonds is 3. The van der Waals surface area contributed by atoms with Crippen molar-refractivity contribution in [2.45, 2.75) is 13.0 Å². The third-order valence-electron chi connectivity index (χ3n) is 1.84. The van der Waals surface area contributed by atoms with Crippen LogP contribution in [0.1, 0.15) is 28.9 Å². The average Bonchev–Trinajstić information content (AvgIpc) is 2.17. The first kappa shape index (κ1) is 9.38. The Labute approximate surface area is 75.7 Å². The van der Waals surface area contributed by atoms with E-state index < -0.39 is 5.91 Å². The van der Waals surface area contributed by atoms with E-state index in [2.05, 4.69) is 5.18 Å². The molecule has 0 aliphatic rings. The molecular weight excluding hydrogens is 168 g/mol. The summed E-state index contributed by atoms with van der Waals surface area (Å²) in [6, 6.07) is 6.12. The van der Waals surface area contributed by atoms with Crippen molar-refractivity contribution in [1.82, 2.24) is 0 Å². The Morgan fingerprint density at radius 2 is 1.92 bits per heavy atom. The van der Waals surface area contributed by atoms with Crippen molar-refractivity contribution < 1.29 is 4.79 Å². The fourth-order valence-electron chi connectivity index (χ4n) is 0.987. The second kappa shape index (κ2) is 3.80. The molecule has 13 heavy (non-hydrogen) atoms. The van der Waals surface area contributed by atoms with Crippen LogP contribution < -0.4 is 5.73 Å². The van der Waals surface area contributed by atoms with E-state index in [0.29, 0.717) is 5.56 Å². The lowest BCUT2D eigenvalue weighted by Crippen LogP contribution is -2.10. The monoisotopic (exact) mass is 178 g/mol. The lowest BCUT2D eigenvalue weighted by molar-refractivity contribution is 0.100. The molecule has 0 heterocycles. The van der Waals surface area contributed by atoms with Gasteiger partial charge in [0.05, 0.1) is 0 Å². The maximum atomic E-state index is 10.7. The minimum atomic E-state index is -0.474. The Bertz CT molecular complexity index is 319. The van der Waals surface area contributed by atoms with Gasteiger partial charge in [0.1, 0.15) is 6.04 Å². The van der Waals surface area contributed by atoms with Crippen LogP contribution in [0.3, 0.4) is 0 Å². The maximum absolute atomic E-state index is 10.7.